The molecule has 1 amide bonds. The molecule has 3 nitrogen and oxygen atoms in total. The van der Waals surface area contributed by atoms with Crippen molar-refractivity contribution in [2.24, 2.45) is 16.7 Å². The van der Waals surface area contributed by atoms with Crippen molar-refractivity contribution in [2.75, 3.05) is 11.0 Å². The molecule has 0 aromatic heterocycles. The van der Waals surface area contributed by atoms with Gasteiger partial charge in [0.25, 0.3) is 5.91 Å². The van der Waals surface area contributed by atoms with Crippen molar-refractivity contribution in [1.82, 2.24) is 5.06 Å². The molecule has 0 saturated carbocycles. The van der Waals surface area contributed by atoms with E-state index in [0.29, 0.717) is 19.1 Å². The summed E-state index contributed by atoms with van der Waals surface area (Å²) in [6.07, 6.45) is 0.887. The number of hydrogen-bond acceptors (Lipinski definition) is 2. The first-order chi connectivity index (χ1) is 10.3. The smallest absolute Gasteiger partial charge is 0.252 e. The van der Waals surface area contributed by atoms with Crippen LogP contribution >= 0.6 is 22.6 Å². The van der Waals surface area contributed by atoms with Gasteiger partial charge in [0.2, 0.25) is 0 Å². The third-order valence-electron chi connectivity index (χ3n) is 4.32. The van der Waals surface area contributed by atoms with Gasteiger partial charge in [-0.2, -0.15) is 0 Å². The molecular formula is C18H26INO2. The Kier molecular flexibility index (Phi) is 5.54. The number of alkyl halides is 1. The minimum absolute atomic E-state index is 0.129. The number of rotatable bonds is 5. The second-order valence-corrected chi connectivity index (χ2v) is 8.51. The Hall–Kier alpha value is -0.620. The maximum Gasteiger partial charge on any atom is 0.252 e. The van der Waals surface area contributed by atoms with Crippen LogP contribution in [0.15, 0.2) is 30.3 Å². The van der Waals surface area contributed by atoms with Crippen LogP contribution in [0, 0.1) is 16.7 Å². The molecule has 1 aromatic carbocycles. The SMILES string of the molecule is CC(C)(C)C[C@]1(C)C(=O)N(OCc2ccccc2)C[C@@H]1CI. The van der Waals surface area contributed by atoms with Crippen molar-refractivity contribution in [3.05, 3.63) is 35.9 Å². The van der Waals surface area contributed by atoms with Gasteiger partial charge in [-0.3, -0.25) is 9.63 Å². The zero-order valence-electron chi connectivity index (χ0n) is 13.9. The summed E-state index contributed by atoms with van der Waals surface area (Å²) in [5.74, 6) is 0.482. The van der Waals surface area contributed by atoms with E-state index in [1.807, 2.05) is 30.3 Å². The van der Waals surface area contributed by atoms with Crippen molar-refractivity contribution in [3.63, 3.8) is 0 Å². The third kappa shape index (κ3) is 4.02. The number of carbonyl (C=O) groups excluding carboxylic acids is 1. The minimum Gasteiger partial charge on any atom is -0.272 e. The van der Waals surface area contributed by atoms with E-state index in [4.69, 9.17) is 4.84 Å². The molecule has 0 N–H and O–H groups in total. The lowest BCUT2D eigenvalue weighted by atomic mass is 9.69. The average Bonchev–Trinajstić information content (AvgIpc) is 2.68. The molecule has 22 heavy (non-hydrogen) atoms. The molecule has 1 aliphatic heterocycles. The summed E-state index contributed by atoms with van der Waals surface area (Å²) in [5.41, 5.74) is 0.894. The number of nitrogens with zero attached hydrogens (tertiary/aromatic N) is 1. The fourth-order valence-corrected chi connectivity index (χ4v) is 4.57. The van der Waals surface area contributed by atoms with Gasteiger partial charge in [0.1, 0.15) is 6.61 Å². The van der Waals surface area contributed by atoms with E-state index in [0.717, 1.165) is 16.4 Å². The number of hydrogen-bond donors (Lipinski definition) is 0. The van der Waals surface area contributed by atoms with Crippen LogP contribution < -0.4 is 0 Å². The first kappa shape index (κ1) is 17.7. The summed E-state index contributed by atoms with van der Waals surface area (Å²) in [6, 6.07) is 10.00. The quantitative estimate of drug-likeness (QED) is 0.525. The first-order valence-electron chi connectivity index (χ1n) is 7.81. The molecule has 1 aliphatic rings. The summed E-state index contributed by atoms with van der Waals surface area (Å²) >= 11 is 2.39. The summed E-state index contributed by atoms with van der Waals surface area (Å²) in [7, 11) is 0. The first-order valence-corrected chi connectivity index (χ1v) is 9.33. The van der Waals surface area contributed by atoms with Crippen LogP contribution in [0.25, 0.3) is 0 Å². The number of benzene rings is 1. The Balaban J connectivity index is 2.07. The van der Waals surface area contributed by atoms with Crippen LogP contribution in [-0.4, -0.2) is 21.9 Å². The van der Waals surface area contributed by atoms with Crippen LogP contribution in [0.1, 0.15) is 39.7 Å². The molecule has 1 saturated heterocycles. The van der Waals surface area contributed by atoms with Crippen molar-refractivity contribution in [1.29, 1.82) is 0 Å². The molecule has 0 unspecified atom stereocenters. The fraction of sp³-hybridized carbons (Fsp3) is 0.611. The molecule has 122 valence electrons. The van der Waals surface area contributed by atoms with Gasteiger partial charge in [0, 0.05) is 10.3 Å². The van der Waals surface area contributed by atoms with Gasteiger partial charge >= 0.3 is 0 Å². The highest BCUT2D eigenvalue weighted by molar-refractivity contribution is 14.1. The van der Waals surface area contributed by atoms with E-state index in [1.54, 1.807) is 5.06 Å². The van der Waals surface area contributed by atoms with Crippen LogP contribution in [0.2, 0.25) is 0 Å². The van der Waals surface area contributed by atoms with Crippen molar-refractivity contribution < 1.29 is 9.63 Å². The van der Waals surface area contributed by atoms with Crippen LogP contribution in [0.5, 0.6) is 0 Å². The Morgan fingerprint density at radius 2 is 1.95 bits per heavy atom. The average molecular weight is 415 g/mol. The van der Waals surface area contributed by atoms with Crippen LogP contribution in [0.3, 0.4) is 0 Å². The van der Waals surface area contributed by atoms with Crippen LogP contribution in [-0.2, 0) is 16.2 Å². The third-order valence-corrected chi connectivity index (χ3v) is 5.38. The standard InChI is InChI=1S/C18H26INO2/c1-17(2,3)13-18(4)15(10-19)11-20(16(18)21)22-12-14-8-6-5-7-9-14/h5-9,15H,10-13H2,1-4H3/t15-,18-/m0/s1. The van der Waals surface area contributed by atoms with Gasteiger partial charge in [-0.15, -0.1) is 0 Å². The molecule has 4 heteroatoms. The van der Waals surface area contributed by atoms with Gasteiger partial charge in [0.15, 0.2) is 0 Å². The highest BCUT2D eigenvalue weighted by Gasteiger charge is 2.52. The van der Waals surface area contributed by atoms with Gasteiger partial charge in [-0.1, -0.05) is 80.6 Å². The lowest BCUT2D eigenvalue weighted by Gasteiger charge is -2.34. The predicted octanol–water partition coefficient (Wildman–Crippen LogP) is 4.45. The molecule has 0 radical (unpaired) electrons. The van der Waals surface area contributed by atoms with E-state index in [-0.39, 0.29) is 16.7 Å². The van der Waals surface area contributed by atoms with Gasteiger partial charge in [-0.05, 0) is 17.4 Å². The van der Waals surface area contributed by atoms with Gasteiger partial charge in [0.05, 0.1) is 12.0 Å². The maximum absolute atomic E-state index is 12.9. The summed E-state index contributed by atoms with van der Waals surface area (Å²) < 4.78 is 0.973. The largest absolute Gasteiger partial charge is 0.272 e. The maximum atomic E-state index is 12.9. The second-order valence-electron chi connectivity index (χ2n) is 7.63. The monoisotopic (exact) mass is 415 g/mol. The van der Waals surface area contributed by atoms with E-state index in [9.17, 15) is 4.79 Å². The lowest BCUT2D eigenvalue weighted by molar-refractivity contribution is -0.187. The zero-order chi connectivity index (χ0) is 16.4. The van der Waals surface area contributed by atoms with E-state index < -0.39 is 0 Å². The number of halogens is 1. The highest BCUT2D eigenvalue weighted by Crippen LogP contribution is 2.46. The summed E-state index contributed by atoms with van der Waals surface area (Å²) in [6.45, 7) is 9.85. The molecule has 2 atom stereocenters. The molecule has 0 bridgehead atoms. The van der Waals surface area contributed by atoms with Crippen molar-refractivity contribution >= 4 is 28.5 Å². The molecule has 1 fully saturated rings. The molecule has 1 aromatic rings. The number of carbonyl (C=O) groups is 1. The fourth-order valence-electron chi connectivity index (χ4n) is 3.32. The van der Waals surface area contributed by atoms with Crippen molar-refractivity contribution in [3.8, 4) is 0 Å². The molecule has 0 aliphatic carbocycles. The zero-order valence-corrected chi connectivity index (χ0v) is 16.1. The van der Waals surface area contributed by atoms with E-state index >= 15 is 0 Å². The Labute approximate surface area is 147 Å². The predicted molar refractivity (Wildman–Crippen MR) is 97.5 cm³/mol. The molecule has 2 rings (SSSR count). The lowest BCUT2D eigenvalue weighted by Crippen LogP contribution is -2.37. The minimum atomic E-state index is -0.323. The van der Waals surface area contributed by atoms with E-state index in [2.05, 4.69) is 50.3 Å². The Morgan fingerprint density at radius 1 is 1.32 bits per heavy atom. The summed E-state index contributed by atoms with van der Waals surface area (Å²) in [5, 5.41) is 1.60. The van der Waals surface area contributed by atoms with Crippen LogP contribution in [0.4, 0.5) is 0 Å². The molecule has 1 heterocycles. The van der Waals surface area contributed by atoms with Crippen molar-refractivity contribution in [2.45, 2.75) is 40.7 Å². The van der Waals surface area contributed by atoms with Gasteiger partial charge < -0.3 is 0 Å². The number of hydroxylamine groups is 2. The topological polar surface area (TPSA) is 29.5 Å². The summed E-state index contributed by atoms with van der Waals surface area (Å²) in [4.78, 5) is 18.7. The Bertz CT molecular complexity index is 512. The highest BCUT2D eigenvalue weighted by atomic mass is 127. The molecular weight excluding hydrogens is 389 g/mol. The van der Waals surface area contributed by atoms with Gasteiger partial charge in [-0.25, -0.2) is 5.06 Å². The Morgan fingerprint density at radius 3 is 2.50 bits per heavy atom. The second kappa shape index (κ2) is 6.87. The normalized spacial score (nSPS) is 25.8. The molecule has 0 spiro atoms. The number of amides is 1. The van der Waals surface area contributed by atoms with E-state index in [1.165, 1.54) is 0 Å².